The summed E-state index contributed by atoms with van der Waals surface area (Å²) < 4.78 is 0. The molecule has 2 rings (SSSR count). The maximum Gasteiger partial charge on any atom is 0.191 e. The van der Waals surface area contributed by atoms with E-state index in [9.17, 15) is 5.26 Å². The fourth-order valence-corrected chi connectivity index (χ4v) is 2.07. The Balaban J connectivity index is 2.50. The summed E-state index contributed by atoms with van der Waals surface area (Å²) in [5.74, 6) is 6.01. The van der Waals surface area contributed by atoms with Crippen molar-refractivity contribution in [3.8, 4) is 6.07 Å². The lowest BCUT2D eigenvalue weighted by Crippen LogP contribution is -2.13. The van der Waals surface area contributed by atoms with Crippen molar-refractivity contribution < 1.29 is 0 Å². The molecule has 0 aliphatic carbocycles. The lowest BCUT2D eigenvalue weighted by atomic mass is 10.2. The van der Waals surface area contributed by atoms with Gasteiger partial charge in [0.15, 0.2) is 16.8 Å². The number of nitriles is 1. The number of aromatic nitrogens is 2. The van der Waals surface area contributed by atoms with Crippen LogP contribution in [0.25, 0.3) is 0 Å². The summed E-state index contributed by atoms with van der Waals surface area (Å²) in [6, 6.07) is 9.21. The quantitative estimate of drug-likeness (QED) is 0.345. The molecule has 4 N–H and O–H groups in total. The highest BCUT2D eigenvalue weighted by Crippen LogP contribution is 2.29. The molecule has 1 aromatic carbocycles. The van der Waals surface area contributed by atoms with Crippen LogP contribution >= 0.6 is 23.4 Å². The Morgan fingerprint density at radius 1 is 1.30 bits per heavy atom. The summed E-state index contributed by atoms with van der Waals surface area (Å²) >= 11 is 7.43. The molecule has 0 saturated carbocycles. The predicted molar refractivity (Wildman–Crippen MR) is 81.1 cm³/mol. The SMILES string of the molecule is CSc1nc(NN)c(C#N)c(Nc2ccccc2Cl)n1. The minimum absolute atomic E-state index is 0.227. The van der Waals surface area contributed by atoms with Crippen molar-refractivity contribution in [2.24, 2.45) is 5.84 Å². The standard InChI is InChI=1S/C12H11ClN6S/c1-20-12-17-10(7(6-14)11(18-12)19-15)16-9-5-3-2-4-8(9)13/h2-5H,15H2,1H3,(H2,16,17,18,19). The summed E-state index contributed by atoms with van der Waals surface area (Å²) in [6.07, 6.45) is 1.83. The van der Waals surface area contributed by atoms with Crippen LogP contribution < -0.4 is 16.6 Å². The Bertz CT molecular complexity index is 669. The number of anilines is 3. The zero-order chi connectivity index (χ0) is 14.5. The van der Waals surface area contributed by atoms with Crippen LogP contribution in [0.5, 0.6) is 0 Å². The van der Waals surface area contributed by atoms with Gasteiger partial charge < -0.3 is 10.7 Å². The van der Waals surface area contributed by atoms with E-state index in [1.165, 1.54) is 11.8 Å². The van der Waals surface area contributed by atoms with Crippen LogP contribution in [0.3, 0.4) is 0 Å². The number of hydrogen-bond donors (Lipinski definition) is 3. The third kappa shape index (κ3) is 2.93. The van der Waals surface area contributed by atoms with Crippen molar-refractivity contribution >= 4 is 40.7 Å². The summed E-state index contributed by atoms with van der Waals surface area (Å²) in [6.45, 7) is 0. The summed E-state index contributed by atoms with van der Waals surface area (Å²) in [7, 11) is 0. The molecule has 0 bridgehead atoms. The topological polar surface area (TPSA) is 99.6 Å². The van der Waals surface area contributed by atoms with Gasteiger partial charge in [-0.25, -0.2) is 15.8 Å². The minimum atomic E-state index is 0.227. The Labute approximate surface area is 125 Å². The molecule has 0 spiro atoms. The lowest BCUT2D eigenvalue weighted by molar-refractivity contribution is 0.965. The van der Waals surface area contributed by atoms with Crippen LogP contribution in [0.4, 0.5) is 17.3 Å². The third-order valence-electron chi connectivity index (χ3n) is 2.45. The molecule has 0 aliphatic rings. The summed E-state index contributed by atoms with van der Waals surface area (Å²) in [5, 5.41) is 13.3. The van der Waals surface area contributed by atoms with Gasteiger partial charge in [-0.3, -0.25) is 0 Å². The van der Waals surface area contributed by atoms with Crippen LogP contribution in [-0.2, 0) is 0 Å². The van der Waals surface area contributed by atoms with Crippen LogP contribution in [0, 0.1) is 11.3 Å². The van der Waals surface area contributed by atoms with Gasteiger partial charge in [-0.2, -0.15) is 5.26 Å². The Morgan fingerprint density at radius 3 is 2.60 bits per heavy atom. The molecular formula is C12H11ClN6S. The van der Waals surface area contributed by atoms with Crippen LogP contribution in [0.2, 0.25) is 5.02 Å². The van der Waals surface area contributed by atoms with E-state index in [1.54, 1.807) is 12.1 Å². The molecule has 0 amide bonds. The van der Waals surface area contributed by atoms with E-state index in [0.29, 0.717) is 21.7 Å². The molecule has 0 unspecified atom stereocenters. The molecule has 20 heavy (non-hydrogen) atoms. The van der Waals surface area contributed by atoms with Crippen molar-refractivity contribution in [2.45, 2.75) is 5.16 Å². The number of benzene rings is 1. The van der Waals surface area contributed by atoms with Crippen molar-refractivity contribution in [2.75, 3.05) is 17.0 Å². The number of hydrogen-bond acceptors (Lipinski definition) is 7. The zero-order valence-electron chi connectivity index (χ0n) is 10.5. The van der Waals surface area contributed by atoms with Gasteiger partial charge in [0.25, 0.3) is 0 Å². The lowest BCUT2D eigenvalue weighted by Gasteiger charge is -2.12. The number of nitrogen functional groups attached to an aromatic ring is 1. The maximum atomic E-state index is 9.24. The van der Waals surface area contributed by atoms with E-state index in [2.05, 4.69) is 20.7 Å². The van der Waals surface area contributed by atoms with Gasteiger partial charge in [0.05, 0.1) is 10.7 Å². The van der Waals surface area contributed by atoms with E-state index in [4.69, 9.17) is 17.4 Å². The van der Waals surface area contributed by atoms with Gasteiger partial charge in [-0.15, -0.1) is 0 Å². The molecule has 102 valence electrons. The van der Waals surface area contributed by atoms with Crippen molar-refractivity contribution in [3.05, 3.63) is 34.9 Å². The summed E-state index contributed by atoms with van der Waals surface area (Å²) in [4.78, 5) is 8.40. The molecule has 0 fully saturated rings. The van der Waals surface area contributed by atoms with E-state index in [1.807, 2.05) is 24.5 Å². The second-order valence-electron chi connectivity index (χ2n) is 3.64. The number of nitrogens with one attached hydrogen (secondary N) is 2. The molecule has 2 aromatic rings. The number of hydrazine groups is 1. The first-order valence-corrected chi connectivity index (χ1v) is 7.14. The maximum absolute atomic E-state index is 9.24. The average molecular weight is 307 g/mol. The van der Waals surface area contributed by atoms with Crippen LogP contribution in [0.1, 0.15) is 5.56 Å². The summed E-state index contributed by atoms with van der Waals surface area (Å²) in [5.41, 5.74) is 3.28. The number of rotatable bonds is 4. The Morgan fingerprint density at radius 2 is 2.00 bits per heavy atom. The van der Waals surface area contributed by atoms with Gasteiger partial charge in [-0.05, 0) is 18.4 Å². The van der Waals surface area contributed by atoms with E-state index >= 15 is 0 Å². The van der Waals surface area contributed by atoms with Gasteiger partial charge in [0.2, 0.25) is 0 Å². The molecule has 1 aromatic heterocycles. The Hall–Kier alpha value is -2.01. The highest BCUT2D eigenvalue weighted by molar-refractivity contribution is 7.98. The number of nitrogens with zero attached hydrogens (tertiary/aromatic N) is 3. The molecule has 0 radical (unpaired) electrons. The van der Waals surface area contributed by atoms with E-state index < -0.39 is 0 Å². The van der Waals surface area contributed by atoms with Gasteiger partial charge >= 0.3 is 0 Å². The number of thioether (sulfide) groups is 1. The number of halogens is 1. The highest BCUT2D eigenvalue weighted by atomic mass is 35.5. The normalized spacial score (nSPS) is 9.90. The fourth-order valence-electron chi connectivity index (χ4n) is 1.52. The number of para-hydroxylation sites is 1. The molecule has 8 heteroatoms. The van der Waals surface area contributed by atoms with Gasteiger partial charge in [-0.1, -0.05) is 35.5 Å². The minimum Gasteiger partial charge on any atom is -0.338 e. The van der Waals surface area contributed by atoms with E-state index in [0.717, 1.165) is 0 Å². The zero-order valence-corrected chi connectivity index (χ0v) is 12.1. The monoisotopic (exact) mass is 306 g/mol. The molecule has 1 heterocycles. The first-order valence-electron chi connectivity index (χ1n) is 5.54. The molecule has 6 nitrogen and oxygen atoms in total. The first kappa shape index (κ1) is 14.4. The van der Waals surface area contributed by atoms with Gasteiger partial charge in [0.1, 0.15) is 11.6 Å². The van der Waals surface area contributed by atoms with Crippen LogP contribution in [0.15, 0.2) is 29.4 Å². The first-order chi connectivity index (χ1) is 9.69. The fraction of sp³-hybridized carbons (Fsp3) is 0.0833. The van der Waals surface area contributed by atoms with E-state index in [-0.39, 0.29) is 11.4 Å². The van der Waals surface area contributed by atoms with Crippen molar-refractivity contribution in [3.63, 3.8) is 0 Å². The van der Waals surface area contributed by atoms with Crippen molar-refractivity contribution in [1.29, 1.82) is 5.26 Å². The highest BCUT2D eigenvalue weighted by Gasteiger charge is 2.14. The second-order valence-corrected chi connectivity index (χ2v) is 4.82. The smallest absolute Gasteiger partial charge is 0.191 e. The Kier molecular flexibility index (Phi) is 4.63. The average Bonchev–Trinajstić information content (AvgIpc) is 2.48. The van der Waals surface area contributed by atoms with Crippen LogP contribution in [-0.4, -0.2) is 16.2 Å². The molecular weight excluding hydrogens is 296 g/mol. The molecule has 0 atom stereocenters. The van der Waals surface area contributed by atoms with Gasteiger partial charge in [0, 0.05) is 0 Å². The molecule has 0 saturated heterocycles. The largest absolute Gasteiger partial charge is 0.338 e. The second kappa shape index (κ2) is 6.43. The third-order valence-corrected chi connectivity index (χ3v) is 3.32. The van der Waals surface area contributed by atoms with Crippen molar-refractivity contribution in [1.82, 2.24) is 9.97 Å². The number of nitrogens with two attached hydrogens (primary N) is 1. The predicted octanol–water partition coefficient (Wildman–Crippen LogP) is 2.75. The molecule has 0 aliphatic heterocycles.